The largest absolute Gasteiger partial charge is 0.335 e. The molecule has 1 saturated heterocycles. The fraction of sp³-hybridized carbons (Fsp3) is 0.250. The number of nitriles is 1. The first-order chi connectivity index (χ1) is 15.4. The highest BCUT2D eigenvalue weighted by Gasteiger charge is 2.42. The average molecular weight is 432 g/mol. The molecule has 1 amide bonds. The van der Waals surface area contributed by atoms with Crippen LogP contribution in [0, 0.1) is 35.8 Å². The highest BCUT2D eigenvalue weighted by molar-refractivity contribution is 5.87. The van der Waals surface area contributed by atoms with Crippen molar-refractivity contribution in [3.63, 3.8) is 0 Å². The standard InChI is InChI=1S/C24H18F2N4O2/c1-12-16(24(32)29-19-5-4-18(25)22(26)21(12)19)9-20(31)30-11-14-7-15(30)8-17(14)23-13(10-27)3-2-6-28-23/h2-6,8,14-15H,7,9,11H2,1H3,(H,29,32)/t14-,15-/m1/s1. The molecule has 0 radical (unpaired) electrons. The zero-order valence-corrected chi connectivity index (χ0v) is 17.2. The minimum atomic E-state index is -1.04. The van der Waals surface area contributed by atoms with Gasteiger partial charge in [0.05, 0.1) is 29.2 Å². The summed E-state index contributed by atoms with van der Waals surface area (Å²) >= 11 is 0. The summed E-state index contributed by atoms with van der Waals surface area (Å²) in [5.41, 5.74) is 2.22. The van der Waals surface area contributed by atoms with Crippen molar-refractivity contribution in [1.82, 2.24) is 14.9 Å². The first-order valence-corrected chi connectivity index (χ1v) is 10.2. The lowest BCUT2D eigenvalue weighted by Gasteiger charge is -2.26. The molecule has 2 atom stereocenters. The van der Waals surface area contributed by atoms with Gasteiger partial charge >= 0.3 is 0 Å². The van der Waals surface area contributed by atoms with Gasteiger partial charge in [-0.05, 0) is 48.7 Å². The van der Waals surface area contributed by atoms with E-state index >= 15 is 0 Å². The third kappa shape index (κ3) is 3.01. The van der Waals surface area contributed by atoms with E-state index in [1.807, 2.05) is 6.08 Å². The zero-order chi connectivity index (χ0) is 22.6. The van der Waals surface area contributed by atoms with Crippen molar-refractivity contribution in [2.75, 3.05) is 6.54 Å². The second kappa shape index (κ2) is 7.38. The van der Waals surface area contributed by atoms with Crippen LogP contribution in [-0.2, 0) is 11.2 Å². The number of carbonyl (C=O) groups excluding carboxylic acids is 1. The van der Waals surface area contributed by atoms with Crippen molar-refractivity contribution >= 4 is 22.4 Å². The van der Waals surface area contributed by atoms with Gasteiger partial charge in [-0.25, -0.2) is 8.78 Å². The van der Waals surface area contributed by atoms with Crippen molar-refractivity contribution in [1.29, 1.82) is 5.26 Å². The van der Waals surface area contributed by atoms with Crippen LogP contribution in [-0.4, -0.2) is 33.4 Å². The average Bonchev–Trinajstić information content (AvgIpc) is 3.40. The Hall–Kier alpha value is -3.86. The molecule has 5 rings (SSSR count). The van der Waals surface area contributed by atoms with Crippen molar-refractivity contribution in [2.24, 2.45) is 5.92 Å². The Bertz CT molecular complexity index is 1420. The predicted molar refractivity (Wildman–Crippen MR) is 113 cm³/mol. The predicted octanol–water partition coefficient (Wildman–Crippen LogP) is 3.24. The number of hydrogen-bond acceptors (Lipinski definition) is 4. The molecule has 1 aliphatic heterocycles. The summed E-state index contributed by atoms with van der Waals surface area (Å²) in [6, 6.07) is 7.71. The molecule has 3 aromatic rings. The Balaban J connectivity index is 1.44. The van der Waals surface area contributed by atoms with Gasteiger partial charge in [0, 0.05) is 29.6 Å². The van der Waals surface area contributed by atoms with Crippen molar-refractivity contribution in [2.45, 2.75) is 25.8 Å². The number of benzene rings is 1. The molecular formula is C24H18F2N4O2. The molecule has 3 heterocycles. The molecule has 0 saturated carbocycles. The zero-order valence-electron chi connectivity index (χ0n) is 17.2. The minimum Gasteiger partial charge on any atom is -0.335 e. The lowest BCUT2D eigenvalue weighted by atomic mass is 9.96. The van der Waals surface area contributed by atoms with Gasteiger partial charge in [0.15, 0.2) is 11.6 Å². The second-order valence-corrected chi connectivity index (χ2v) is 8.20. The molecule has 1 aliphatic carbocycles. The number of pyridine rings is 2. The van der Waals surface area contributed by atoms with E-state index in [0.717, 1.165) is 18.1 Å². The third-order valence-corrected chi connectivity index (χ3v) is 6.45. The molecule has 6 nitrogen and oxygen atoms in total. The van der Waals surface area contributed by atoms with Gasteiger partial charge in [0.2, 0.25) is 5.91 Å². The van der Waals surface area contributed by atoms with E-state index in [1.54, 1.807) is 23.2 Å². The number of fused-ring (bicyclic) bond motifs is 3. The number of hydrogen-bond donors (Lipinski definition) is 1. The monoisotopic (exact) mass is 432 g/mol. The number of amides is 1. The number of aromatic nitrogens is 2. The number of nitrogens with zero attached hydrogens (tertiary/aromatic N) is 3. The topological polar surface area (TPSA) is 89.8 Å². The van der Waals surface area contributed by atoms with Gasteiger partial charge < -0.3 is 9.88 Å². The number of nitrogens with one attached hydrogen (secondary N) is 1. The van der Waals surface area contributed by atoms with Gasteiger partial charge in [0.1, 0.15) is 6.07 Å². The summed E-state index contributed by atoms with van der Waals surface area (Å²) in [4.78, 5) is 34.3. The maximum absolute atomic E-state index is 14.4. The molecule has 1 aromatic carbocycles. The van der Waals surface area contributed by atoms with Crippen molar-refractivity contribution < 1.29 is 13.6 Å². The Morgan fingerprint density at radius 3 is 2.88 bits per heavy atom. The van der Waals surface area contributed by atoms with Crippen molar-refractivity contribution in [3.05, 3.63) is 80.9 Å². The van der Waals surface area contributed by atoms with Crippen LogP contribution >= 0.6 is 0 Å². The normalized spacial score (nSPS) is 19.3. The van der Waals surface area contributed by atoms with Gasteiger partial charge in [-0.1, -0.05) is 6.08 Å². The summed E-state index contributed by atoms with van der Waals surface area (Å²) < 4.78 is 28.1. The highest BCUT2D eigenvalue weighted by atomic mass is 19.2. The van der Waals surface area contributed by atoms with Crippen LogP contribution in [0.2, 0.25) is 0 Å². The number of halogens is 2. The quantitative estimate of drug-likeness (QED) is 0.688. The number of carbonyl (C=O) groups is 1. The molecule has 32 heavy (non-hydrogen) atoms. The number of H-pyrrole nitrogens is 1. The highest BCUT2D eigenvalue weighted by Crippen LogP contribution is 2.42. The molecule has 160 valence electrons. The van der Waals surface area contributed by atoms with Crippen LogP contribution < -0.4 is 5.56 Å². The van der Waals surface area contributed by atoms with Crippen LogP contribution in [0.3, 0.4) is 0 Å². The fourth-order valence-corrected chi connectivity index (χ4v) is 4.88. The number of rotatable bonds is 3. The fourth-order valence-electron chi connectivity index (χ4n) is 4.88. The van der Waals surface area contributed by atoms with E-state index in [-0.39, 0.29) is 46.3 Å². The summed E-state index contributed by atoms with van der Waals surface area (Å²) in [6.07, 6.45) is 4.13. The second-order valence-electron chi connectivity index (χ2n) is 8.20. The van der Waals surface area contributed by atoms with E-state index in [1.165, 1.54) is 13.0 Å². The van der Waals surface area contributed by atoms with Gasteiger partial charge in [-0.15, -0.1) is 0 Å². The van der Waals surface area contributed by atoms with Crippen LogP contribution in [0.15, 0.2) is 41.3 Å². The molecule has 1 fully saturated rings. The van der Waals surface area contributed by atoms with Gasteiger partial charge in [0.25, 0.3) is 5.56 Å². The van der Waals surface area contributed by atoms with Crippen LogP contribution in [0.1, 0.15) is 28.8 Å². The van der Waals surface area contributed by atoms with Crippen LogP contribution in [0.25, 0.3) is 16.5 Å². The van der Waals surface area contributed by atoms with E-state index in [2.05, 4.69) is 16.0 Å². The lowest BCUT2D eigenvalue weighted by molar-refractivity contribution is -0.130. The Kier molecular flexibility index (Phi) is 4.63. The number of likely N-dealkylation sites (tertiary alicyclic amines) is 1. The smallest absolute Gasteiger partial charge is 0.252 e. The first-order valence-electron chi connectivity index (χ1n) is 10.2. The Morgan fingerprint density at radius 1 is 1.34 bits per heavy atom. The SMILES string of the molecule is Cc1c(CC(=O)N2C[C@H]3C[C@@H]2C=C3c2ncccc2C#N)c(=O)[nH]c2ccc(F)c(F)c12. The summed E-state index contributed by atoms with van der Waals surface area (Å²) in [7, 11) is 0. The maximum Gasteiger partial charge on any atom is 0.252 e. The molecule has 2 bridgehead atoms. The lowest BCUT2D eigenvalue weighted by Crippen LogP contribution is -2.38. The number of aryl methyl sites for hydroxylation is 1. The van der Waals surface area contributed by atoms with Gasteiger partial charge in [-0.2, -0.15) is 5.26 Å². The molecule has 8 heteroatoms. The van der Waals surface area contributed by atoms with E-state index < -0.39 is 17.2 Å². The van der Waals surface area contributed by atoms with E-state index in [9.17, 15) is 23.6 Å². The molecule has 0 spiro atoms. The Labute approximate surface area is 181 Å². The maximum atomic E-state index is 14.4. The third-order valence-electron chi connectivity index (χ3n) is 6.45. The molecule has 2 aromatic heterocycles. The summed E-state index contributed by atoms with van der Waals surface area (Å²) in [6.45, 7) is 1.99. The van der Waals surface area contributed by atoms with Crippen LogP contribution in [0.5, 0.6) is 0 Å². The molecule has 0 unspecified atom stereocenters. The van der Waals surface area contributed by atoms with Gasteiger partial charge in [-0.3, -0.25) is 14.6 Å². The first kappa shape index (κ1) is 20.1. The number of aromatic amines is 1. The van der Waals surface area contributed by atoms with E-state index in [4.69, 9.17) is 0 Å². The van der Waals surface area contributed by atoms with Crippen molar-refractivity contribution in [3.8, 4) is 6.07 Å². The van der Waals surface area contributed by atoms with Crippen LogP contribution in [0.4, 0.5) is 8.78 Å². The summed E-state index contributed by atoms with van der Waals surface area (Å²) in [5, 5.41) is 9.34. The van der Waals surface area contributed by atoms with E-state index in [0.29, 0.717) is 17.8 Å². The summed E-state index contributed by atoms with van der Waals surface area (Å²) in [5.74, 6) is -2.24. The Morgan fingerprint density at radius 2 is 2.16 bits per heavy atom. The molecule has 2 aliphatic rings. The molecule has 1 N–H and O–H groups in total. The minimum absolute atomic E-state index is 0.0169. The molecular weight excluding hydrogens is 414 g/mol.